The monoisotopic (exact) mass is 306 g/mol. The van der Waals surface area contributed by atoms with Gasteiger partial charge in [0, 0.05) is 33.1 Å². The van der Waals surface area contributed by atoms with Crippen LogP contribution in [-0.4, -0.2) is 52.1 Å². The molecule has 6 nitrogen and oxygen atoms in total. The first-order valence-corrected chi connectivity index (χ1v) is 7.90. The van der Waals surface area contributed by atoms with Crippen molar-refractivity contribution >= 4 is 17.2 Å². The molecule has 1 aliphatic rings. The van der Waals surface area contributed by atoms with E-state index in [0.717, 1.165) is 31.1 Å². The van der Waals surface area contributed by atoms with E-state index in [-0.39, 0.29) is 11.9 Å². The molecule has 0 bridgehead atoms. The molecule has 3 rings (SSSR count). The molecular formula is C14H18N4O2S. The molecular weight excluding hydrogens is 288 g/mol. The van der Waals surface area contributed by atoms with Crippen LogP contribution in [0.2, 0.25) is 0 Å². The molecule has 0 radical (unpaired) electrons. The molecule has 0 aromatic carbocycles. The molecule has 2 aromatic rings. The van der Waals surface area contributed by atoms with Crippen LogP contribution >= 0.6 is 11.3 Å². The molecule has 1 amide bonds. The summed E-state index contributed by atoms with van der Waals surface area (Å²) < 4.78 is 5.78. The predicted octanol–water partition coefficient (Wildman–Crippen LogP) is 2.02. The van der Waals surface area contributed by atoms with E-state index in [1.165, 1.54) is 0 Å². The third kappa shape index (κ3) is 2.98. The average Bonchev–Trinajstić information content (AvgIpc) is 3.17. The Kier molecular flexibility index (Phi) is 4.03. The lowest BCUT2D eigenvalue weighted by Crippen LogP contribution is -2.48. The Balaban J connectivity index is 1.66. The minimum Gasteiger partial charge on any atom is -0.418 e. The molecule has 21 heavy (non-hydrogen) atoms. The number of amides is 1. The van der Waals surface area contributed by atoms with Gasteiger partial charge in [0.25, 0.3) is 5.89 Å². The number of carbonyl (C=O) groups is 1. The summed E-state index contributed by atoms with van der Waals surface area (Å²) in [6.07, 6.45) is 0. The number of aromatic nitrogens is 2. The van der Waals surface area contributed by atoms with Gasteiger partial charge < -0.3 is 9.32 Å². The van der Waals surface area contributed by atoms with Gasteiger partial charge in [0.2, 0.25) is 11.8 Å². The van der Waals surface area contributed by atoms with Crippen LogP contribution in [0.15, 0.2) is 21.9 Å². The Bertz CT molecular complexity index is 602. The Morgan fingerprint density at radius 2 is 2.10 bits per heavy atom. The SMILES string of the molecule is CC(=O)N1CCN([C@H](C)c2nnc(-c3cccs3)o2)CC1. The van der Waals surface area contributed by atoms with Crippen LogP contribution in [0.3, 0.4) is 0 Å². The van der Waals surface area contributed by atoms with Gasteiger partial charge >= 0.3 is 0 Å². The zero-order chi connectivity index (χ0) is 14.8. The first kappa shape index (κ1) is 14.2. The van der Waals surface area contributed by atoms with E-state index in [1.54, 1.807) is 18.3 Å². The largest absolute Gasteiger partial charge is 0.418 e. The van der Waals surface area contributed by atoms with Crippen LogP contribution in [0.5, 0.6) is 0 Å². The number of nitrogens with zero attached hydrogens (tertiary/aromatic N) is 4. The van der Waals surface area contributed by atoms with Gasteiger partial charge in [-0.25, -0.2) is 0 Å². The lowest BCUT2D eigenvalue weighted by molar-refractivity contribution is -0.130. The van der Waals surface area contributed by atoms with Gasteiger partial charge in [0.15, 0.2) is 0 Å². The highest BCUT2D eigenvalue weighted by Crippen LogP contribution is 2.27. The molecule has 0 unspecified atom stereocenters. The van der Waals surface area contributed by atoms with E-state index in [9.17, 15) is 4.79 Å². The van der Waals surface area contributed by atoms with E-state index >= 15 is 0 Å². The Morgan fingerprint density at radius 3 is 2.71 bits per heavy atom. The highest BCUT2D eigenvalue weighted by molar-refractivity contribution is 7.13. The van der Waals surface area contributed by atoms with Gasteiger partial charge in [0.1, 0.15) is 0 Å². The normalized spacial score (nSPS) is 17.9. The highest BCUT2D eigenvalue weighted by atomic mass is 32.1. The number of piperazine rings is 1. The molecule has 3 heterocycles. The molecule has 112 valence electrons. The van der Waals surface area contributed by atoms with E-state index < -0.39 is 0 Å². The fraction of sp³-hybridized carbons (Fsp3) is 0.500. The number of rotatable bonds is 3. The summed E-state index contributed by atoms with van der Waals surface area (Å²) in [5, 5.41) is 10.3. The molecule has 1 saturated heterocycles. The van der Waals surface area contributed by atoms with Crippen molar-refractivity contribution < 1.29 is 9.21 Å². The molecule has 1 fully saturated rings. The second-order valence-corrected chi connectivity index (χ2v) is 6.09. The summed E-state index contributed by atoms with van der Waals surface area (Å²) in [6.45, 7) is 6.85. The maximum absolute atomic E-state index is 11.3. The third-order valence-electron chi connectivity index (χ3n) is 3.84. The third-order valence-corrected chi connectivity index (χ3v) is 4.70. The molecule has 2 aromatic heterocycles. The Morgan fingerprint density at radius 1 is 1.33 bits per heavy atom. The number of carbonyl (C=O) groups excluding carboxylic acids is 1. The molecule has 0 saturated carbocycles. The second-order valence-electron chi connectivity index (χ2n) is 5.14. The van der Waals surface area contributed by atoms with Crippen LogP contribution in [0.25, 0.3) is 10.8 Å². The van der Waals surface area contributed by atoms with Crippen molar-refractivity contribution in [1.82, 2.24) is 20.0 Å². The van der Waals surface area contributed by atoms with Crippen molar-refractivity contribution in [3.05, 3.63) is 23.4 Å². The van der Waals surface area contributed by atoms with Crippen molar-refractivity contribution in [2.75, 3.05) is 26.2 Å². The molecule has 0 N–H and O–H groups in total. The zero-order valence-corrected chi connectivity index (χ0v) is 13.0. The van der Waals surface area contributed by atoms with Crippen molar-refractivity contribution in [3.8, 4) is 10.8 Å². The van der Waals surface area contributed by atoms with E-state index in [4.69, 9.17) is 4.42 Å². The molecule has 7 heteroatoms. The minimum atomic E-state index is 0.0697. The van der Waals surface area contributed by atoms with Crippen LogP contribution in [-0.2, 0) is 4.79 Å². The van der Waals surface area contributed by atoms with Crippen molar-refractivity contribution in [3.63, 3.8) is 0 Å². The second kappa shape index (κ2) is 5.95. The zero-order valence-electron chi connectivity index (χ0n) is 12.2. The van der Waals surface area contributed by atoms with Gasteiger partial charge in [-0.05, 0) is 18.4 Å². The summed E-state index contributed by atoms with van der Waals surface area (Å²) >= 11 is 1.59. The lowest BCUT2D eigenvalue weighted by Gasteiger charge is -2.36. The number of thiophene rings is 1. The highest BCUT2D eigenvalue weighted by Gasteiger charge is 2.26. The average molecular weight is 306 g/mol. The molecule has 1 aliphatic heterocycles. The summed E-state index contributed by atoms with van der Waals surface area (Å²) in [7, 11) is 0. The minimum absolute atomic E-state index is 0.0697. The van der Waals surface area contributed by atoms with Crippen LogP contribution < -0.4 is 0 Å². The first-order chi connectivity index (χ1) is 10.1. The molecule has 0 spiro atoms. The van der Waals surface area contributed by atoms with Gasteiger partial charge in [-0.3, -0.25) is 9.69 Å². The number of hydrogen-bond acceptors (Lipinski definition) is 6. The quantitative estimate of drug-likeness (QED) is 0.868. The molecule has 0 aliphatic carbocycles. The van der Waals surface area contributed by atoms with Gasteiger partial charge in [-0.2, -0.15) is 0 Å². The lowest BCUT2D eigenvalue weighted by atomic mass is 10.2. The first-order valence-electron chi connectivity index (χ1n) is 7.02. The van der Waals surface area contributed by atoms with Crippen molar-refractivity contribution in [1.29, 1.82) is 0 Å². The topological polar surface area (TPSA) is 62.5 Å². The Labute approximate surface area is 127 Å². The predicted molar refractivity (Wildman–Crippen MR) is 79.9 cm³/mol. The maximum Gasteiger partial charge on any atom is 0.257 e. The van der Waals surface area contributed by atoms with E-state index in [2.05, 4.69) is 22.0 Å². The van der Waals surface area contributed by atoms with Crippen LogP contribution in [0.4, 0.5) is 0 Å². The molecule has 1 atom stereocenters. The van der Waals surface area contributed by atoms with Crippen molar-refractivity contribution in [2.45, 2.75) is 19.9 Å². The van der Waals surface area contributed by atoms with E-state index in [1.807, 2.05) is 22.4 Å². The fourth-order valence-corrected chi connectivity index (χ4v) is 3.13. The van der Waals surface area contributed by atoms with E-state index in [0.29, 0.717) is 11.8 Å². The van der Waals surface area contributed by atoms with Crippen LogP contribution in [0.1, 0.15) is 25.8 Å². The van der Waals surface area contributed by atoms with Crippen molar-refractivity contribution in [2.24, 2.45) is 0 Å². The van der Waals surface area contributed by atoms with Gasteiger partial charge in [0.05, 0.1) is 10.9 Å². The summed E-state index contributed by atoms with van der Waals surface area (Å²) in [5.74, 6) is 1.35. The summed E-state index contributed by atoms with van der Waals surface area (Å²) in [6, 6.07) is 4.01. The maximum atomic E-state index is 11.3. The summed E-state index contributed by atoms with van der Waals surface area (Å²) in [5.41, 5.74) is 0. The smallest absolute Gasteiger partial charge is 0.257 e. The van der Waals surface area contributed by atoms with Crippen LogP contribution in [0, 0.1) is 0 Å². The van der Waals surface area contributed by atoms with Gasteiger partial charge in [-0.15, -0.1) is 21.5 Å². The summed E-state index contributed by atoms with van der Waals surface area (Å²) in [4.78, 5) is 16.5. The number of hydrogen-bond donors (Lipinski definition) is 0. The Hall–Kier alpha value is -1.73. The fourth-order valence-electron chi connectivity index (χ4n) is 2.48. The standard InChI is InChI=1S/C14H18N4O2S/c1-10(17-5-7-18(8-6-17)11(2)19)13-15-16-14(20-13)12-4-3-9-21-12/h3-4,9-10H,5-8H2,1-2H3/t10-/m1/s1. The van der Waals surface area contributed by atoms with Gasteiger partial charge in [-0.1, -0.05) is 6.07 Å².